The van der Waals surface area contributed by atoms with Gasteiger partial charge in [0.2, 0.25) is 5.90 Å². The standard InChI is InChI=1S/C32H31ClF3N7O3/c1-38-17-25-28(37)40-29(19-4-3-5-22(44)14-19)41-31(25)46-23-8-9-27(33)24(16-23)30(45)39-21-7-6-20(26(15-21)32(34,35)36)18-43-12-10-42(2)11-13-43/h3-9,14-17,37-38,44H,10-13,18H2,1-2H3,(H,39,45)/b25-17+,37-28?. The highest BCUT2D eigenvalue weighted by Crippen LogP contribution is 2.35. The quantitative estimate of drug-likeness (QED) is 0.271. The van der Waals surface area contributed by atoms with E-state index >= 15 is 0 Å². The van der Waals surface area contributed by atoms with Crippen molar-refractivity contribution in [2.45, 2.75) is 12.7 Å². The molecule has 240 valence electrons. The predicted octanol–water partition coefficient (Wildman–Crippen LogP) is 5.38. The number of alkyl halides is 3. The molecule has 0 saturated carbocycles. The number of halogens is 4. The van der Waals surface area contributed by atoms with Crippen molar-refractivity contribution in [1.82, 2.24) is 15.1 Å². The molecule has 5 rings (SSSR count). The number of hydrogen-bond acceptors (Lipinski definition) is 8. The molecular formula is C32H31ClF3N7O3. The van der Waals surface area contributed by atoms with Gasteiger partial charge < -0.3 is 25.4 Å². The Labute approximate surface area is 268 Å². The van der Waals surface area contributed by atoms with Gasteiger partial charge in [-0.05, 0) is 55.1 Å². The SMILES string of the molecule is CN/C=C1\C(=N)N=C(c2cccc(O)c2)N=C1Oc1ccc(Cl)c(C(=O)Nc2ccc(CN3CCN(C)CC3)c(C(F)(F)F)c2)c1. The number of rotatable bonds is 7. The van der Waals surface area contributed by atoms with Gasteiger partial charge in [0, 0.05) is 57.2 Å². The molecule has 2 aliphatic heterocycles. The van der Waals surface area contributed by atoms with Gasteiger partial charge in [0.25, 0.3) is 5.91 Å². The number of ether oxygens (including phenoxy) is 1. The van der Waals surface area contributed by atoms with Crippen LogP contribution in [0.15, 0.2) is 82.4 Å². The Balaban J connectivity index is 1.38. The monoisotopic (exact) mass is 653 g/mol. The zero-order valence-corrected chi connectivity index (χ0v) is 25.7. The van der Waals surface area contributed by atoms with Gasteiger partial charge in [0.05, 0.1) is 21.7 Å². The van der Waals surface area contributed by atoms with E-state index in [2.05, 4.69) is 25.5 Å². The summed E-state index contributed by atoms with van der Waals surface area (Å²) in [6.07, 6.45) is -3.15. The molecule has 0 radical (unpaired) electrons. The first-order chi connectivity index (χ1) is 21.9. The van der Waals surface area contributed by atoms with Crippen molar-refractivity contribution in [1.29, 1.82) is 5.41 Å². The molecule has 14 heteroatoms. The third kappa shape index (κ3) is 7.73. The third-order valence-electron chi connectivity index (χ3n) is 7.36. The van der Waals surface area contributed by atoms with Gasteiger partial charge in [0.15, 0.2) is 11.7 Å². The summed E-state index contributed by atoms with van der Waals surface area (Å²) in [7, 11) is 3.60. The van der Waals surface area contributed by atoms with E-state index in [1.807, 2.05) is 11.9 Å². The topological polar surface area (TPSA) is 126 Å². The van der Waals surface area contributed by atoms with Crippen molar-refractivity contribution in [2.24, 2.45) is 9.98 Å². The molecule has 1 saturated heterocycles. The lowest BCUT2D eigenvalue weighted by atomic mass is 10.0. The van der Waals surface area contributed by atoms with Crippen molar-refractivity contribution < 1.29 is 27.8 Å². The highest BCUT2D eigenvalue weighted by Gasteiger charge is 2.34. The molecule has 46 heavy (non-hydrogen) atoms. The average molecular weight is 654 g/mol. The number of carbonyl (C=O) groups excluding carboxylic acids is 1. The number of likely N-dealkylation sites (N-methyl/N-ethyl adjacent to an activating group) is 1. The summed E-state index contributed by atoms with van der Waals surface area (Å²) in [6, 6.07) is 14.2. The summed E-state index contributed by atoms with van der Waals surface area (Å²) in [6.45, 7) is 3.01. The first-order valence-electron chi connectivity index (χ1n) is 14.2. The van der Waals surface area contributed by atoms with Crippen LogP contribution in [0.25, 0.3) is 0 Å². The van der Waals surface area contributed by atoms with Gasteiger partial charge in [-0.3, -0.25) is 15.1 Å². The molecule has 0 bridgehead atoms. The Morgan fingerprint density at radius 1 is 1.09 bits per heavy atom. The number of anilines is 1. The third-order valence-corrected chi connectivity index (χ3v) is 7.69. The number of phenolic OH excluding ortho intramolecular Hbond substituents is 1. The van der Waals surface area contributed by atoms with Crippen LogP contribution < -0.4 is 15.4 Å². The molecule has 4 N–H and O–H groups in total. The number of hydrogen-bond donors (Lipinski definition) is 4. The average Bonchev–Trinajstić information content (AvgIpc) is 3.01. The fourth-order valence-electron chi connectivity index (χ4n) is 4.93. The zero-order chi connectivity index (χ0) is 33.0. The second kappa shape index (κ2) is 13.7. The van der Waals surface area contributed by atoms with Crippen LogP contribution in [0.5, 0.6) is 11.5 Å². The van der Waals surface area contributed by atoms with Gasteiger partial charge >= 0.3 is 6.18 Å². The Kier molecular flexibility index (Phi) is 9.75. The molecule has 1 amide bonds. The van der Waals surface area contributed by atoms with E-state index in [1.165, 1.54) is 48.7 Å². The van der Waals surface area contributed by atoms with Crippen LogP contribution in [0.2, 0.25) is 5.02 Å². The van der Waals surface area contributed by atoms with Crippen molar-refractivity contribution >= 4 is 40.8 Å². The smallest absolute Gasteiger partial charge is 0.416 e. The van der Waals surface area contributed by atoms with Crippen molar-refractivity contribution in [3.63, 3.8) is 0 Å². The minimum atomic E-state index is -4.62. The number of amidine groups is 2. The molecule has 3 aromatic carbocycles. The summed E-state index contributed by atoms with van der Waals surface area (Å²) in [5.74, 6) is -0.706. The first-order valence-corrected chi connectivity index (χ1v) is 14.6. The molecule has 0 aromatic heterocycles. The van der Waals surface area contributed by atoms with Crippen LogP contribution in [-0.2, 0) is 12.7 Å². The van der Waals surface area contributed by atoms with E-state index in [1.54, 1.807) is 19.2 Å². The lowest BCUT2D eigenvalue weighted by molar-refractivity contribution is -0.138. The predicted molar refractivity (Wildman–Crippen MR) is 171 cm³/mol. The van der Waals surface area contributed by atoms with Gasteiger partial charge in [-0.2, -0.15) is 18.2 Å². The maximum atomic E-state index is 14.1. The number of amides is 1. The van der Waals surface area contributed by atoms with Crippen LogP contribution in [-0.4, -0.2) is 78.7 Å². The summed E-state index contributed by atoms with van der Waals surface area (Å²) in [4.78, 5) is 26.0. The first kappa shape index (κ1) is 32.7. The van der Waals surface area contributed by atoms with Crippen molar-refractivity contribution in [3.05, 3.63) is 99.7 Å². The Morgan fingerprint density at radius 2 is 1.85 bits per heavy atom. The van der Waals surface area contributed by atoms with E-state index in [9.17, 15) is 23.1 Å². The Bertz CT molecular complexity index is 1750. The molecule has 0 spiro atoms. The van der Waals surface area contributed by atoms with E-state index in [0.29, 0.717) is 18.7 Å². The molecule has 0 aliphatic carbocycles. The van der Waals surface area contributed by atoms with Crippen molar-refractivity contribution in [2.75, 3.05) is 45.6 Å². The Hall–Kier alpha value is -4.72. The second-order valence-electron chi connectivity index (χ2n) is 10.7. The fraction of sp³-hybridized carbons (Fsp3) is 0.250. The van der Waals surface area contributed by atoms with Crippen LogP contribution in [0.3, 0.4) is 0 Å². The lowest BCUT2D eigenvalue weighted by Gasteiger charge is -2.33. The summed E-state index contributed by atoms with van der Waals surface area (Å²) in [5.41, 5.74) is -0.138. The molecule has 2 heterocycles. The molecule has 1 fully saturated rings. The van der Waals surface area contributed by atoms with Gasteiger partial charge in [-0.15, -0.1) is 0 Å². The number of benzene rings is 3. The largest absolute Gasteiger partial charge is 0.508 e. The van der Waals surface area contributed by atoms with Crippen LogP contribution in [0.1, 0.15) is 27.0 Å². The minimum absolute atomic E-state index is 0.0126. The number of nitrogens with zero attached hydrogens (tertiary/aromatic N) is 4. The highest BCUT2D eigenvalue weighted by atomic mass is 35.5. The Morgan fingerprint density at radius 3 is 2.54 bits per heavy atom. The summed E-state index contributed by atoms with van der Waals surface area (Å²) in [5, 5.41) is 23.7. The van der Waals surface area contributed by atoms with Crippen LogP contribution in [0, 0.1) is 5.41 Å². The van der Waals surface area contributed by atoms with E-state index in [-0.39, 0.29) is 63.0 Å². The van der Waals surface area contributed by atoms with Gasteiger partial charge in [-0.25, -0.2) is 4.99 Å². The van der Waals surface area contributed by atoms with E-state index < -0.39 is 17.6 Å². The number of aromatic hydroxyl groups is 1. The van der Waals surface area contributed by atoms with Crippen LogP contribution >= 0.6 is 11.6 Å². The van der Waals surface area contributed by atoms with Crippen molar-refractivity contribution in [3.8, 4) is 11.5 Å². The summed E-state index contributed by atoms with van der Waals surface area (Å²) < 4.78 is 48.2. The fourth-order valence-corrected chi connectivity index (χ4v) is 5.13. The normalized spacial score (nSPS) is 17.0. The van der Waals surface area contributed by atoms with Crippen LogP contribution in [0.4, 0.5) is 18.9 Å². The zero-order valence-electron chi connectivity index (χ0n) is 25.0. The number of phenols is 1. The number of nitrogens with one attached hydrogen (secondary N) is 3. The molecule has 0 unspecified atom stereocenters. The lowest BCUT2D eigenvalue weighted by Crippen LogP contribution is -2.44. The summed E-state index contributed by atoms with van der Waals surface area (Å²) >= 11 is 6.33. The number of carbonyl (C=O) groups is 1. The van der Waals surface area contributed by atoms with E-state index in [4.69, 9.17) is 21.7 Å². The maximum Gasteiger partial charge on any atom is 0.416 e. The molecular weight excluding hydrogens is 623 g/mol. The van der Waals surface area contributed by atoms with Gasteiger partial charge in [-0.1, -0.05) is 29.8 Å². The maximum absolute atomic E-state index is 14.1. The minimum Gasteiger partial charge on any atom is -0.508 e. The molecule has 10 nitrogen and oxygen atoms in total. The van der Waals surface area contributed by atoms with Gasteiger partial charge in [0.1, 0.15) is 11.5 Å². The number of aliphatic imine (C=N–C) groups is 2. The molecule has 0 atom stereocenters. The number of piperazine rings is 1. The second-order valence-corrected chi connectivity index (χ2v) is 11.2. The molecule has 3 aromatic rings. The highest BCUT2D eigenvalue weighted by molar-refractivity contribution is 6.34. The molecule has 2 aliphatic rings. The van der Waals surface area contributed by atoms with E-state index in [0.717, 1.165) is 19.2 Å².